The summed E-state index contributed by atoms with van der Waals surface area (Å²) in [5.74, 6) is 2.42. The molecular formula is C28H35O2PS2. The van der Waals surface area contributed by atoms with Crippen molar-refractivity contribution in [2.75, 3.05) is 5.75 Å². The Balaban J connectivity index is 1.69. The monoisotopic (exact) mass is 498 g/mol. The van der Waals surface area contributed by atoms with Crippen molar-refractivity contribution >= 4 is 28.9 Å². The fraction of sp³-hybridized carbons (Fsp3) is 0.357. The van der Waals surface area contributed by atoms with Gasteiger partial charge >= 0.3 is 5.69 Å². The van der Waals surface area contributed by atoms with E-state index < -0.39 is 5.69 Å². The van der Waals surface area contributed by atoms with E-state index in [0.717, 1.165) is 36.5 Å². The van der Waals surface area contributed by atoms with Crippen LogP contribution in [0.3, 0.4) is 0 Å². The number of hydrogen-bond acceptors (Lipinski definition) is 4. The molecule has 5 heteroatoms. The van der Waals surface area contributed by atoms with Gasteiger partial charge in [-0.1, -0.05) is 81.3 Å². The van der Waals surface area contributed by atoms with Crippen molar-refractivity contribution < 1.29 is 9.05 Å². The van der Waals surface area contributed by atoms with Gasteiger partial charge < -0.3 is 9.05 Å². The van der Waals surface area contributed by atoms with Crippen molar-refractivity contribution in [2.24, 2.45) is 0 Å². The summed E-state index contributed by atoms with van der Waals surface area (Å²) in [6, 6.07) is 27.2. The van der Waals surface area contributed by atoms with Crippen LogP contribution >= 0.6 is 17.1 Å². The summed E-state index contributed by atoms with van der Waals surface area (Å²) >= 11 is 7.64. The van der Waals surface area contributed by atoms with Gasteiger partial charge in [0, 0.05) is 5.75 Å². The summed E-state index contributed by atoms with van der Waals surface area (Å²) in [5.41, 5.74) is 1.34. The average Bonchev–Trinajstić information content (AvgIpc) is 2.84. The summed E-state index contributed by atoms with van der Waals surface area (Å²) in [5, 5.41) is 0. The highest BCUT2D eigenvalue weighted by Gasteiger charge is 2.24. The number of aryl methyl sites for hydroxylation is 3. The molecule has 0 N–H and O–H groups in total. The molecule has 0 spiro atoms. The lowest BCUT2D eigenvalue weighted by Crippen LogP contribution is -2.00. The second-order valence-electron chi connectivity index (χ2n) is 8.19. The Labute approximate surface area is 209 Å². The van der Waals surface area contributed by atoms with E-state index in [-0.39, 0.29) is 0 Å². The highest BCUT2D eigenvalue weighted by Crippen LogP contribution is 2.60. The van der Waals surface area contributed by atoms with Crippen LogP contribution in [0.1, 0.15) is 56.2 Å². The number of rotatable bonds is 14. The third kappa shape index (κ3) is 9.20. The first-order chi connectivity index (χ1) is 16.1. The Hall–Kier alpha value is -1.74. The molecule has 0 aliphatic heterocycles. The molecule has 3 aromatic rings. The molecule has 0 atom stereocenters. The SMILES string of the molecule is CCCCc1ccc(OP(=S)(Oc2ccc(CCCC)cc2)SCCc2ccccc2)cc1. The summed E-state index contributed by atoms with van der Waals surface area (Å²) in [6.07, 6.45) is 7.91. The molecule has 2 nitrogen and oxygen atoms in total. The molecule has 0 saturated carbocycles. The van der Waals surface area contributed by atoms with E-state index in [1.165, 1.54) is 42.4 Å². The van der Waals surface area contributed by atoms with E-state index in [1.54, 1.807) is 11.4 Å². The first-order valence-corrected chi connectivity index (χ1v) is 16.2. The van der Waals surface area contributed by atoms with Crippen molar-refractivity contribution in [1.29, 1.82) is 0 Å². The molecule has 0 aliphatic carbocycles. The van der Waals surface area contributed by atoms with Crippen molar-refractivity contribution in [1.82, 2.24) is 0 Å². The largest absolute Gasteiger partial charge is 0.428 e. The molecule has 0 bridgehead atoms. The fourth-order valence-corrected chi connectivity index (χ4v) is 7.86. The maximum absolute atomic E-state index is 6.37. The zero-order valence-corrected chi connectivity index (χ0v) is 22.3. The van der Waals surface area contributed by atoms with Crippen LogP contribution < -0.4 is 9.05 Å². The predicted molar refractivity (Wildman–Crippen MR) is 148 cm³/mol. The molecule has 0 fully saturated rings. The van der Waals surface area contributed by atoms with Crippen LogP contribution in [0, 0.1) is 0 Å². The molecule has 0 saturated heterocycles. The van der Waals surface area contributed by atoms with E-state index in [0.29, 0.717) is 0 Å². The molecule has 0 heterocycles. The van der Waals surface area contributed by atoms with Gasteiger partial charge in [0.05, 0.1) is 0 Å². The molecule has 33 heavy (non-hydrogen) atoms. The van der Waals surface area contributed by atoms with Gasteiger partial charge in [0.25, 0.3) is 0 Å². The molecule has 3 aromatic carbocycles. The summed E-state index contributed by atoms with van der Waals surface area (Å²) in [7, 11) is 0. The van der Waals surface area contributed by atoms with Gasteiger partial charge in [-0.25, -0.2) is 0 Å². The first-order valence-electron chi connectivity index (χ1n) is 12.0. The highest BCUT2D eigenvalue weighted by atomic mass is 32.9. The normalized spacial score (nSPS) is 11.3. The van der Waals surface area contributed by atoms with Crippen LogP contribution in [0.25, 0.3) is 0 Å². The quantitative estimate of drug-likeness (QED) is 0.206. The van der Waals surface area contributed by atoms with Gasteiger partial charge in [-0.15, -0.1) is 0 Å². The number of unbranched alkanes of at least 4 members (excludes halogenated alkanes) is 2. The van der Waals surface area contributed by atoms with E-state index in [2.05, 4.69) is 62.4 Å². The lowest BCUT2D eigenvalue weighted by atomic mass is 10.1. The van der Waals surface area contributed by atoms with Crippen LogP contribution in [-0.2, 0) is 31.1 Å². The first kappa shape index (κ1) is 25.9. The topological polar surface area (TPSA) is 18.5 Å². The van der Waals surface area contributed by atoms with Gasteiger partial charge in [-0.2, -0.15) is 0 Å². The van der Waals surface area contributed by atoms with E-state index in [4.69, 9.17) is 20.9 Å². The van der Waals surface area contributed by atoms with E-state index >= 15 is 0 Å². The summed E-state index contributed by atoms with van der Waals surface area (Å²) < 4.78 is 12.7. The molecular weight excluding hydrogens is 463 g/mol. The Morgan fingerprint density at radius 3 is 1.55 bits per heavy atom. The van der Waals surface area contributed by atoms with Crippen LogP contribution in [0.5, 0.6) is 11.5 Å². The Kier molecular flexibility index (Phi) is 10.9. The second-order valence-corrected chi connectivity index (χ2v) is 14.5. The average molecular weight is 499 g/mol. The number of hydrogen-bond donors (Lipinski definition) is 0. The standard InChI is InChI=1S/C28H35O2PS2/c1-3-5-10-25-14-18-27(19-15-25)29-31(32,33-23-22-24-12-8-7-9-13-24)30-28-20-16-26(17-21-28)11-6-4-2/h7-9,12-21H,3-6,10-11,22-23H2,1-2H3. The second kappa shape index (κ2) is 13.8. The fourth-order valence-electron chi connectivity index (χ4n) is 3.45. The van der Waals surface area contributed by atoms with Crippen molar-refractivity contribution in [3.05, 3.63) is 95.6 Å². The highest BCUT2D eigenvalue weighted by molar-refractivity contribution is 8.68. The summed E-state index contributed by atoms with van der Waals surface area (Å²) in [6.45, 7) is 4.43. The molecule has 0 unspecified atom stereocenters. The maximum atomic E-state index is 6.37. The zero-order valence-electron chi connectivity index (χ0n) is 19.7. The van der Waals surface area contributed by atoms with Gasteiger partial charge in [0.2, 0.25) is 0 Å². The Morgan fingerprint density at radius 2 is 1.09 bits per heavy atom. The minimum Gasteiger partial charge on any atom is -0.428 e. The Bertz CT molecular complexity index is 931. The van der Waals surface area contributed by atoms with Crippen molar-refractivity contribution in [2.45, 2.75) is 58.8 Å². The lowest BCUT2D eigenvalue weighted by molar-refractivity contribution is 0.506. The molecule has 0 aromatic heterocycles. The van der Waals surface area contributed by atoms with Gasteiger partial charge in [0.15, 0.2) is 0 Å². The van der Waals surface area contributed by atoms with E-state index in [1.807, 2.05) is 30.3 Å². The minimum atomic E-state index is -2.62. The molecule has 176 valence electrons. The third-order valence-electron chi connectivity index (χ3n) is 5.40. The minimum absolute atomic E-state index is 0.783. The molecule has 3 rings (SSSR count). The molecule has 0 aliphatic rings. The van der Waals surface area contributed by atoms with Crippen LogP contribution in [0.15, 0.2) is 78.9 Å². The third-order valence-corrected chi connectivity index (χ3v) is 10.3. The summed E-state index contributed by atoms with van der Waals surface area (Å²) in [4.78, 5) is 0. The van der Waals surface area contributed by atoms with Crippen LogP contribution in [-0.4, -0.2) is 5.75 Å². The lowest BCUT2D eigenvalue weighted by Gasteiger charge is -2.23. The van der Waals surface area contributed by atoms with Crippen molar-refractivity contribution in [3.8, 4) is 11.5 Å². The Morgan fingerprint density at radius 1 is 0.636 bits per heavy atom. The zero-order chi connectivity index (χ0) is 23.4. The van der Waals surface area contributed by atoms with Gasteiger partial charge in [0.1, 0.15) is 11.5 Å². The maximum Gasteiger partial charge on any atom is 0.348 e. The molecule has 0 amide bonds. The predicted octanol–water partition coefficient (Wildman–Crippen LogP) is 9.03. The van der Waals surface area contributed by atoms with Gasteiger partial charge in [-0.3, -0.25) is 0 Å². The smallest absolute Gasteiger partial charge is 0.348 e. The molecule has 0 radical (unpaired) electrons. The van der Waals surface area contributed by atoms with Crippen LogP contribution in [0.4, 0.5) is 0 Å². The van der Waals surface area contributed by atoms with Gasteiger partial charge in [-0.05, 0) is 96.2 Å². The van der Waals surface area contributed by atoms with Crippen LogP contribution in [0.2, 0.25) is 0 Å². The number of benzene rings is 3. The van der Waals surface area contributed by atoms with E-state index in [9.17, 15) is 0 Å². The van der Waals surface area contributed by atoms with Crippen molar-refractivity contribution in [3.63, 3.8) is 0 Å².